The Labute approximate surface area is 123 Å². The molecule has 1 saturated heterocycles. The standard InChI is InChI=1S/C14H18Cl2N2O/c1-9(2)18(11-5-6-17-8-11)14(19)12-4-3-10(15)7-13(12)16/h3-4,7,9,11,17H,5-6,8H2,1-2H3. The molecule has 1 aliphatic heterocycles. The quantitative estimate of drug-likeness (QED) is 0.930. The third-order valence-corrected chi connectivity index (χ3v) is 3.93. The molecule has 1 N–H and O–H groups in total. The van der Waals surface area contributed by atoms with Crippen LogP contribution >= 0.6 is 23.2 Å². The summed E-state index contributed by atoms with van der Waals surface area (Å²) in [6.07, 6.45) is 0.981. The molecule has 0 aliphatic carbocycles. The van der Waals surface area contributed by atoms with E-state index in [-0.39, 0.29) is 18.0 Å². The molecule has 1 aromatic rings. The van der Waals surface area contributed by atoms with Crippen LogP contribution in [0.4, 0.5) is 0 Å². The van der Waals surface area contributed by atoms with Crippen LogP contribution in [0, 0.1) is 0 Å². The Balaban J connectivity index is 2.28. The smallest absolute Gasteiger partial charge is 0.255 e. The Morgan fingerprint density at radius 3 is 2.68 bits per heavy atom. The molecule has 1 atom stereocenters. The molecule has 2 rings (SSSR count). The van der Waals surface area contributed by atoms with E-state index >= 15 is 0 Å². The Morgan fingerprint density at radius 1 is 1.42 bits per heavy atom. The van der Waals surface area contributed by atoms with Crippen LogP contribution in [-0.4, -0.2) is 36.0 Å². The molecule has 1 unspecified atom stereocenters. The molecule has 1 fully saturated rings. The van der Waals surface area contributed by atoms with Crippen molar-refractivity contribution in [3.8, 4) is 0 Å². The van der Waals surface area contributed by atoms with E-state index in [0.29, 0.717) is 15.6 Å². The van der Waals surface area contributed by atoms with Crippen molar-refractivity contribution in [3.05, 3.63) is 33.8 Å². The second-order valence-electron chi connectivity index (χ2n) is 5.08. The number of halogens is 2. The predicted molar refractivity (Wildman–Crippen MR) is 79.0 cm³/mol. The monoisotopic (exact) mass is 300 g/mol. The van der Waals surface area contributed by atoms with Crippen LogP contribution < -0.4 is 5.32 Å². The summed E-state index contributed by atoms with van der Waals surface area (Å²) in [7, 11) is 0. The minimum atomic E-state index is -0.0228. The molecule has 0 radical (unpaired) electrons. The third kappa shape index (κ3) is 3.22. The first-order valence-corrected chi connectivity index (χ1v) is 7.24. The topological polar surface area (TPSA) is 32.3 Å². The molecule has 3 nitrogen and oxygen atoms in total. The van der Waals surface area contributed by atoms with Gasteiger partial charge in [0.2, 0.25) is 0 Å². The SMILES string of the molecule is CC(C)N(C(=O)c1ccc(Cl)cc1Cl)C1CCNC1. The van der Waals surface area contributed by atoms with Gasteiger partial charge in [0.15, 0.2) is 0 Å². The maximum atomic E-state index is 12.7. The van der Waals surface area contributed by atoms with E-state index in [4.69, 9.17) is 23.2 Å². The summed E-state index contributed by atoms with van der Waals surface area (Å²) in [5, 5.41) is 4.24. The fourth-order valence-corrected chi connectivity index (χ4v) is 2.99. The molecule has 0 saturated carbocycles. The summed E-state index contributed by atoms with van der Waals surface area (Å²) < 4.78 is 0. The van der Waals surface area contributed by atoms with E-state index in [2.05, 4.69) is 5.32 Å². The summed E-state index contributed by atoms with van der Waals surface area (Å²) in [5.74, 6) is -0.0228. The van der Waals surface area contributed by atoms with Gasteiger partial charge in [-0.3, -0.25) is 4.79 Å². The van der Waals surface area contributed by atoms with Crippen molar-refractivity contribution in [2.24, 2.45) is 0 Å². The van der Waals surface area contributed by atoms with Crippen LogP contribution in [0.15, 0.2) is 18.2 Å². The van der Waals surface area contributed by atoms with Crippen molar-refractivity contribution < 1.29 is 4.79 Å². The molecule has 1 heterocycles. The second-order valence-corrected chi connectivity index (χ2v) is 5.92. The summed E-state index contributed by atoms with van der Waals surface area (Å²) in [4.78, 5) is 14.6. The van der Waals surface area contributed by atoms with E-state index < -0.39 is 0 Å². The van der Waals surface area contributed by atoms with Crippen molar-refractivity contribution >= 4 is 29.1 Å². The maximum Gasteiger partial charge on any atom is 0.255 e. The number of amides is 1. The number of hydrogen-bond acceptors (Lipinski definition) is 2. The molecule has 0 spiro atoms. The van der Waals surface area contributed by atoms with Crippen LogP contribution in [0.25, 0.3) is 0 Å². The average molecular weight is 301 g/mol. The fourth-order valence-electron chi connectivity index (χ4n) is 2.50. The average Bonchev–Trinajstić information content (AvgIpc) is 2.81. The van der Waals surface area contributed by atoms with Crippen LogP contribution in [0.5, 0.6) is 0 Å². The van der Waals surface area contributed by atoms with Gasteiger partial charge in [-0.05, 0) is 45.0 Å². The maximum absolute atomic E-state index is 12.7. The molecule has 5 heteroatoms. The summed E-state index contributed by atoms with van der Waals surface area (Å²) in [6.45, 7) is 5.85. The second kappa shape index (κ2) is 6.12. The minimum absolute atomic E-state index is 0.0228. The molecule has 0 bridgehead atoms. The number of benzene rings is 1. The highest BCUT2D eigenvalue weighted by molar-refractivity contribution is 6.36. The molecule has 0 aromatic heterocycles. The molecule has 1 aromatic carbocycles. The first-order chi connectivity index (χ1) is 9.00. The highest BCUT2D eigenvalue weighted by atomic mass is 35.5. The van der Waals surface area contributed by atoms with Crippen LogP contribution in [-0.2, 0) is 0 Å². The van der Waals surface area contributed by atoms with Crippen molar-refractivity contribution in [3.63, 3.8) is 0 Å². The summed E-state index contributed by atoms with van der Waals surface area (Å²) >= 11 is 12.0. The molecular weight excluding hydrogens is 283 g/mol. The Kier molecular flexibility index (Phi) is 4.71. The molecule has 19 heavy (non-hydrogen) atoms. The Bertz CT molecular complexity index is 471. The largest absolute Gasteiger partial charge is 0.332 e. The van der Waals surface area contributed by atoms with E-state index in [0.717, 1.165) is 19.5 Å². The molecular formula is C14H18Cl2N2O. The molecule has 1 amide bonds. The minimum Gasteiger partial charge on any atom is -0.332 e. The third-order valence-electron chi connectivity index (χ3n) is 3.38. The highest BCUT2D eigenvalue weighted by Crippen LogP contribution is 2.25. The van der Waals surface area contributed by atoms with Crippen molar-refractivity contribution in [1.82, 2.24) is 10.2 Å². The van der Waals surface area contributed by atoms with Gasteiger partial charge in [-0.2, -0.15) is 0 Å². The van der Waals surface area contributed by atoms with Gasteiger partial charge in [0, 0.05) is 23.7 Å². The van der Waals surface area contributed by atoms with E-state index in [1.807, 2.05) is 18.7 Å². The zero-order valence-corrected chi connectivity index (χ0v) is 12.6. The number of carbonyl (C=O) groups is 1. The summed E-state index contributed by atoms with van der Waals surface area (Å²) in [5.41, 5.74) is 0.520. The van der Waals surface area contributed by atoms with E-state index in [9.17, 15) is 4.79 Å². The van der Waals surface area contributed by atoms with Crippen LogP contribution in [0.2, 0.25) is 10.0 Å². The molecule has 1 aliphatic rings. The van der Waals surface area contributed by atoms with Crippen molar-refractivity contribution in [2.75, 3.05) is 13.1 Å². The van der Waals surface area contributed by atoms with E-state index in [1.165, 1.54) is 0 Å². The van der Waals surface area contributed by atoms with Crippen molar-refractivity contribution in [1.29, 1.82) is 0 Å². The first-order valence-electron chi connectivity index (χ1n) is 6.49. The van der Waals surface area contributed by atoms with Crippen molar-refractivity contribution in [2.45, 2.75) is 32.4 Å². The number of nitrogens with one attached hydrogen (secondary N) is 1. The van der Waals surface area contributed by atoms with Gasteiger partial charge in [0.25, 0.3) is 5.91 Å². The Morgan fingerprint density at radius 2 is 2.16 bits per heavy atom. The predicted octanol–water partition coefficient (Wildman–Crippen LogP) is 3.21. The number of rotatable bonds is 3. The first kappa shape index (κ1) is 14.6. The van der Waals surface area contributed by atoms with Gasteiger partial charge in [-0.1, -0.05) is 23.2 Å². The lowest BCUT2D eigenvalue weighted by atomic mass is 10.1. The lowest BCUT2D eigenvalue weighted by Crippen LogP contribution is -2.46. The van der Waals surface area contributed by atoms with Gasteiger partial charge in [0.05, 0.1) is 10.6 Å². The Hall–Kier alpha value is -0.770. The van der Waals surface area contributed by atoms with Crippen LogP contribution in [0.3, 0.4) is 0 Å². The van der Waals surface area contributed by atoms with Gasteiger partial charge < -0.3 is 10.2 Å². The number of hydrogen-bond donors (Lipinski definition) is 1. The van der Waals surface area contributed by atoms with Gasteiger partial charge in [0.1, 0.15) is 0 Å². The zero-order valence-electron chi connectivity index (χ0n) is 11.1. The number of nitrogens with zero attached hydrogens (tertiary/aromatic N) is 1. The lowest BCUT2D eigenvalue weighted by molar-refractivity contribution is 0.0627. The normalized spacial score (nSPS) is 18.9. The summed E-state index contributed by atoms with van der Waals surface area (Å²) in [6, 6.07) is 5.39. The molecule has 104 valence electrons. The number of carbonyl (C=O) groups excluding carboxylic acids is 1. The fraction of sp³-hybridized carbons (Fsp3) is 0.500. The zero-order chi connectivity index (χ0) is 14.0. The van der Waals surface area contributed by atoms with Crippen LogP contribution in [0.1, 0.15) is 30.6 Å². The van der Waals surface area contributed by atoms with Gasteiger partial charge >= 0.3 is 0 Å². The highest BCUT2D eigenvalue weighted by Gasteiger charge is 2.30. The lowest BCUT2D eigenvalue weighted by Gasteiger charge is -2.32. The van der Waals surface area contributed by atoms with Gasteiger partial charge in [-0.15, -0.1) is 0 Å². The van der Waals surface area contributed by atoms with E-state index in [1.54, 1.807) is 18.2 Å². The van der Waals surface area contributed by atoms with Gasteiger partial charge in [-0.25, -0.2) is 0 Å².